The van der Waals surface area contributed by atoms with Gasteiger partial charge in [-0.2, -0.15) is 5.26 Å². The first-order chi connectivity index (χ1) is 5.83. The van der Waals surface area contributed by atoms with E-state index < -0.39 is 0 Å². The first-order valence-corrected chi connectivity index (χ1v) is 3.93. The molecule has 1 aromatic rings. The molecular formula is C11H11N. The van der Waals surface area contributed by atoms with Crippen molar-refractivity contribution in [2.24, 2.45) is 0 Å². The van der Waals surface area contributed by atoms with Gasteiger partial charge in [0.05, 0.1) is 12.5 Å². The lowest BCUT2D eigenvalue weighted by atomic mass is 10.1. The van der Waals surface area contributed by atoms with Crippen LogP contribution in [0, 0.1) is 18.3 Å². The van der Waals surface area contributed by atoms with E-state index in [2.05, 4.69) is 25.1 Å². The van der Waals surface area contributed by atoms with Crippen LogP contribution in [0.3, 0.4) is 0 Å². The summed E-state index contributed by atoms with van der Waals surface area (Å²) in [4.78, 5) is 0. The van der Waals surface area contributed by atoms with E-state index >= 15 is 0 Å². The Bertz CT molecular complexity index is 301. The number of hydrogen-bond acceptors (Lipinski definition) is 1. The lowest BCUT2D eigenvalue weighted by Crippen LogP contribution is -1.72. The highest BCUT2D eigenvalue weighted by Crippen LogP contribution is 2.04. The van der Waals surface area contributed by atoms with Crippen molar-refractivity contribution in [1.82, 2.24) is 0 Å². The molecule has 1 aromatic carbocycles. The van der Waals surface area contributed by atoms with Crippen LogP contribution < -0.4 is 0 Å². The largest absolute Gasteiger partial charge is 0.198 e. The van der Waals surface area contributed by atoms with Gasteiger partial charge in [0, 0.05) is 0 Å². The highest BCUT2D eigenvalue weighted by molar-refractivity contribution is 5.49. The molecule has 0 atom stereocenters. The number of allylic oxidation sites excluding steroid dienone is 1. The van der Waals surface area contributed by atoms with Crippen LogP contribution in [-0.4, -0.2) is 0 Å². The maximum absolute atomic E-state index is 8.29. The zero-order valence-corrected chi connectivity index (χ0v) is 7.12. The molecule has 0 amide bonds. The van der Waals surface area contributed by atoms with Crippen LogP contribution in [0.1, 0.15) is 17.5 Å². The van der Waals surface area contributed by atoms with Gasteiger partial charge in [0.1, 0.15) is 0 Å². The fourth-order valence-corrected chi connectivity index (χ4v) is 0.925. The van der Waals surface area contributed by atoms with Crippen LogP contribution in [0.15, 0.2) is 30.3 Å². The third-order valence-electron chi connectivity index (χ3n) is 1.60. The molecule has 1 nitrogen and oxygen atoms in total. The highest BCUT2D eigenvalue weighted by Gasteiger charge is 1.84. The second kappa shape index (κ2) is 4.35. The second-order valence-electron chi connectivity index (χ2n) is 2.68. The first kappa shape index (κ1) is 8.55. The molecule has 0 aliphatic carbocycles. The van der Waals surface area contributed by atoms with Crippen molar-refractivity contribution in [3.63, 3.8) is 0 Å². The van der Waals surface area contributed by atoms with Crippen molar-refractivity contribution >= 4 is 6.08 Å². The van der Waals surface area contributed by atoms with E-state index in [1.165, 1.54) is 5.56 Å². The summed E-state index contributed by atoms with van der Waals surface area (Å²) in [5, 5.41) is 8.29. The third kappa shape index (κ3) is 2.59. The molecule has 0 saturated heterocycles. The Balaban J connectivity index is 2.66. The maximum atomic E-state index is 8.29. The monoisotopic (exact) mass is 157 g/mol. The Morgan fingerprint density at radius 2 is 2.00 bits per heavy atom. The van der Waals surface area contributed by atoms with Gasteiger partial charge in [0.25, 0.3) is 0 Å². The van der Waals surface area contributed by atoms with E-state index in [-0.39, 0.29) is 0 Å². The number of aryl methyl sites for hydroxylation is 1. The number of nitrogens with zero attached hydrogens (tertiary/aromatic N) is 1. The van der Waals surface area contributed by atoms with Crippen molar-refractivity contribution in [1.29, 1.82) is 5.26 Å². The number of nitriles is 1. The molecule has 0 N–H and O–H groups in total. The molecule has 0 aliphatic heterocycles. The van der Waals surface area contributed by atoms with Gasteiger partial charge in [-0.1, -0.05) is 42.0 Å². The molecule has 1 heteroatoms. The summed E-state index contributed by atoms with van der Waals surface area (Å²) in [6.07, 6.45) is 4.31. The van der Waals surface area contributed by atoms with Crippen LogP contribution in [0.25, 0.3) is 6.08 Å². The molecule has 1 rings (SSSR count). The molecule has 0 spiro atoms. The van der Waals surface area contributed by atoms with Crippen molar-refractivity contribution in [3.8, 4) is 6.07 Å². The molecule has 0 fully saturated rings. The van der Waals surface area contributed by atoms with E-state index in [0.717, 1.165) is 5.56 Å². The van der Waals surface area contributed by atoms with E-state index in [1.54, 1.807) is 0 Å². The topological polar surface area (TPSA) is 23.8 Å². The summed E-state index contributed by atoms with van der Waals surface area (Å²) >= 11 is 0. The second-order valence-corrected chi connectivity index (χ2v) is 2.68. The smallest absolute Gasteiger partial charge is 0.0663 e. The van der Waals surface area contributed by atoms with Gasteiger partial charge in [-0.05, 0) is 12.5 Å². The van der Waals surface area contributed by atoms with E-state index in [1.807, 2.05) is 24.3 Å². The van der Waals surface area contributed by atoms with Gasteiger partial charge in [-0.15, -0.1) is 0 Å². The average molecular weight is 157 g/mol. The minimum atomic E-state index is 0.480. The van der Waals surface area contributed by atoms with Crippen LogP contribution in [0.4, 0.5) is 0 Å². The van der Waals surface area contributed by atoms with Crippen molar-refractivity contribution in [3.05, 3.63) is 41.5 Å². The summed E-state index contributed by atoms with van der Waals surface area (Å²) in [7, 11) is 0. The van der Waals surface area contributed by atoms with Crippen LogP contribution in [0.5, 0.6) is 0 Å². The summed E-state index contributed by atoms with van der Waals surface area (Å²) in [5.74, 6) is 0. The Hall–Kier alpha value is -1.55. The Morgan fingerprint density at radius 3 is 2.58 bits per heavy atom. The average Bonchev–Trinajstić information content (AvgIpc) is 2.09. The third-order valence-corrected chi connectivity index (χ3v) is 1.60. The predicted molar refractivity (Wildman–Crippen MR) is 50.4 cm³/mol. The zero-order chi connectivity index (χ0) is 8.81. The molecule has 0 radical (unpaired) electrons. The Labute approximate surface area is 73.0 Å². The lowest BCUT2D eigenvalue weighted by molar-refractivity contribution is 1.36. The fourth-order valence-electron chi connectivity index (χ4n) is 0.925. The fraction of sp³-hybridized carbons (Fsp3) is 0.182. The molecule has 12 heavy (non-hydrogen) atoms. The van der Waals surface area contributed by atoms with Crippen molar-refractivity contribution < 1.29 is 0 Å². The van der Waals surface area contributed by atoms with E-state index in [9.17, 15) is 0 Å². The molecule has 0 saturated carbocycles. The standard InChI is InChI=1S/C11H11N/c1-10-5-7-11(8-6-10)4-2-3-9-12/h2,4-8H,3H2,1H3. The molecule has 60 valence electrons. The van der Waals surface area contributed by atoms with Gasteiger partial charge in [0.2, 0.25) is 0 Å². The summed E-state index contributed by atoms with van der Waals surface area (Å²) in [6.45, 7) is 2.06. The van der Waals surface area contributed by atoms with Crippen molar-refractivity contribution in [2.45, 2.75) is 13.3 Å². The lowest BCUT2D eigenvalue weighted by Gasteiger charge is -1.92. The van der Waals surface area contributed by atoms with Crippen molar-refractivity contribution in [2.75, 3.05) is 0 Å². The van der Waals surface area contributed by atoms with Gasteiger partial charge in [0.15, 0.2) is 0 Å². The van der Waals surface area contributed by atoms with Crippen LogP contribution in [-0.2, 0) is 0 Å². The zero-order valence-electron chi connectivity index (χ0n) is 7.12. The molecule has 0 unspecified atom stereocenters. The minimum Gasteiger partial charge on any atom is -0.198 e. The quantitative estimate of drug-likeness (QED) is 0.647. The van der Waals surface area contributed by atoms with Crippen LogP contribution >= 0.6 is 0 Å². The predicted octanol–water partition coefficient (Wildman–Crippen LogP) is 2.92. The Morgan fingerprint density at radius 1 is 1.33 bits per heavy atom. The van der Waals surface area contributed by atoms with Crippen LogP contribution in [0.2, 0.25) is 0 Å². The summed E-state index contributed by atoms with van der Waals surface area (Å²) in [5.41, 5.74) is 2.41. The normalized spacial score (nSPS) is 10.0. The first-order valence-electron chi connectivity index (χ1n) is 3.93. The molecule has 0 bridgehead atoms. The van der Waals surface area contributed by atoms with Gasteiger partial charge in [-0.25, -0.2) is 0 Å². The van der Waals surface area contributed by atoms with Gasteiger partial charge in [-0.3, -0.25) is 0 Å². The van der Waals surface area contributed by atoms with E-state index in [0.29, 0.717) is 6.42 Å². The number of benzene rings is 1. The molecule has 0 heterocycles. The van der Waals surface area contributed by atoms with Gasteiger partial charge < -0.3 is 0 Å². The molecule has 0 aliphatic rings. The van der Waals surface area contributed by atoms with Gasteiger partial charge >= 0.3 is 0 Å². The minimum absolute atomic E-state index is 0.480. The maximum Gasteiger partial charge on any atom is 0.0663 e. The molecule has 0 aromatic heterocycles. The summed E-state index contributed by atoms with van der Waals surface area (Å²) < 4.78 is 0. The van der Waals surface area contributed by atoms with E-state index in [4.69, 9.17) is 5.26 Å². The highest BCUT2D eigenvalue weighted by atomic mass is 14.2. The number of hydrogen-bond donors (Lipinski definition) is 0. The Kier molecular flexibility index (Phi) is 3.10. The molecular weight excluding hydrogens is 146 g/mol. The SMILES string of the molecule is Cc1ccc(C=CCC#N)cc1. The summed E-state index contributed by atoms with van der Waals surface area (Å²) in [6, 6.07) is 10.3. The number of rotatable bonds is 2.